The van der Waals surface area contributed by atoms with Gasteiger partial charge in [0.05, 0.1) is 25.5 Å². The maximum Gasteiger partial charge on any atom is 0.256 e. The lowest BCUT2D eigenvalue weighted by Gasteiger charge is -2.14. The number of benzene rings is 2. The molecule has 0 aliphatic carbocycles. The number of carbonyl (C=O) groups excluding carboxylic acids is 1. The SMILES string of the molecule is COc1cc(C)c(NC(=O)c2ccccc2SCc2noc(C)n2)cc1OC. The average Bonchev–Trinajstić information content (AvgIpc) is 3.12. The van der Waals surface area contributed by atoms with Crippen molar-refractivity contribution in [1.29, 1.82) is 0 Å². The fourth-order valence-corrected chi connectivity index (χ4v) is 3.52. The first kappa shape index (κ1) is 19.8. The molecule has 3 rings (SSSR count). The number of amides is 1. The largest absolute Gasteiger partial charge is 0.493 e. The van der Waals surface area contributed by atoms with E-state index in [4.69, 9.17) is 14.0 Å². The number of rotatable bonds is 7. The molecule has 1 aromatic heterocycles. The third kappa shape index (κ3) is 4.45. The molecule has 0 saturated heterocycles. The van der Waals surface area contributed by atoms with Gasteiger partial charge in [0.2, 0.25) is 5.89 Å². The van der Waals surface area contributed by atoms with Crippen molar-refractivity contribution in [2.24, 2.45) is 0 Å². The smallest absolute Gasteiger partial charge is 0.256 e. The molecule has 1 N–H and O–H groups in total. The van der Waals surface area contributed by atoms with E-state index in [2.05, 4.69) is 15.5 Å². The van der Waals surface area contributed by atoms with Crippen LogP contribution in [0, 0.1) is 13.8 Å². The van der Waals surface area contributed by atoms with Gasteiger partial charge in [0.15, 0.2) is 17.3 Å². The highest BCUT2D eigenvalue weighted by Gasteiger charge is 2.16. The molecule has 0 unspecified atom stereocenters. The first-order valence-corrected chi connectivity index (χ1v) is 9.55. The predicted octanol–water partition coefficient (Wildman–Crippen LogP) is 4.25. The molecule has 146 valence electrons. The van der Waals surface area contributed by atoms with Crippen molar-refractivity contribution < 1.29 is 18.8 Å². The number of nitrogens with one attached hydrogen (secondary N) is 1. The molecule has 0 bridgehead atoms. The van der Waals surface area contributed by atoms with E-state index in [1.165, 1.54) is 11.8 Å². The molecule has 0 fully saturated rings. The van der Waals surface area contributed by atoms with Crippen molar-refractivity contribution in [3.8, 4) is 11.5 Å². The van der Waals surface area contributed by atoms with Crippen LogP contribution >= 0.6 is 11.8 Å². The molecule has 7 nitrogen and oxygen atoms in total. The zero-order valence-corrected chi connectivity index (χ0v) is 16.9. The van der Waals surface area contributed by atoms with E-state index in [0.717, 1.165) is 10.5 Å². The molecule has 0 aliphatic heterocycles. The van der Waals surface area contributed by atoms with Crippen molar-refractivity contribution in [3.05, 3.63) is 59.2 Å². The monoisotopic (exact) mass is 399 g/mol. The molecular weight excluding hydrogens is 378 g/mol. The lowest BCUT2D eigenvalue weighted by atomic mass is 10.1. The standard InChI is InChI=1S/C20H21N3O4S/c1-12-9-16(25-3)17(26-4)10-15(12)22-20(24)14-7-5-6-8-18(14)28-11-19-21-13(2)27-23-19/h5-10H,11H2,1-4H3,(H,22,24). The molecule has 1 amide bonds. The molecule has 3 aromatic rings. The van der Waals surface area contributed by atoms with Gasteiger partial charge in [0.25, 0.3) is 5.91 Å². The summed E-state index contributed by atoms with van der Waals surface area (Å²) in [5.74, 6) is 2.58. The van der Waals surface area contributed by atoms with Gasteiger partial charge < -0.3 is 19.3 Å². The number of nitrogens with zero attached hydrogens (tertiary/aromatic N) is 2. The second-order valence-corrected chi connectivity index (χ2v) is 7.01. The Morgan fingerprint density at radius 2 is 1.86 bits per heavy atom. The Morgan fingerprint density at radius 1 is 1.14 bits per heavy atom. The van der Waals surface area contributed by atoms with Crippen molar-refractivity contribution in [1.82, 2.24) is 10.1 Å². The fourth-order valence-electron chi connectivity index (χ4n) is 2.63. The lowest BCUT2D eigenvalue weighted by Crippen LogP contribution is -2.14. The van der Waals surface area contributed by atoms with Crippen LogP contribution in [0.15, 0.2) is 45.8 Å². The molecule has 28 heavy (non-hydrogen) atoms. The van der Waals surface area contributed by atoms with Crippen LogP contribution in [0.4, 0.5) is 5.69 Å². The Hall–Kier alpha value is -3.00. The first-order chi connectivity index (χ1) is 13.5. The summed E-state index contributed by atoms with van der Waals surface area (Å²) in [5, 5.41) is 6.84. The summed E-state index contributed by atoms with van der Waals surface area (Å²) >= 11 is 1.48. The summed E-state index contributed by atoms with van der Waals surface area (Å²) in [4.78, 5) is 17.9. The quantitative estimate of drug-likeness (QED) is 0.594. The van der Waals surface area contributed by atoms with Gasteiger partial charge in [0.1, 0.15) is 0 Å². The predicted molar refractivity (Wildman–Crippen MR) is 107 cm³/mol. The Bertz CT molecular complexity index is 987. The number of ether oxygens (including phenoxy) is 2. The number of anilines is 1. The number of methoxy groups -OCH3 is 2. The molecule has 0 spiro atoms. The van der Waals surface area contributed by atoms with Crippen LogP contribution in [-0.4, -0.2) is 30.3 Å². The molecular formula is C20H21N3O4S. The van der Waals surface area contributed by atoms with Gasteiger partial charge in [-0.15, -0.1) is 11.8 Å². The summed E-state index contributed by atoms with van der Waals surface area (Å²) < 4.78 is 15.6. The molecule has 8 heteroatoms. The van der Waals surface area contributed by atoms with Crippen LogP contribution in [0.2, 0.25) is 0 Å². The number of carbonyl (C=O) groups is 1. The number of hydrogen-bond acceptors (Lipinski definition) is 7. The van der Waals surface area contributed by atoms with Gasteiger partial charge >= 0.3 is 0 Å². The summed E-state index contributed by atoms with van der Waals surface area (Å²) in [6.45, 7) is 3.64. The van der Waals surface area contributed by atoms with E-state index >= 15 is 0 Å². The van der Waals surface area contributed by atoms with E-state index in [9.17, 15) is 4.79 Å². The average molecular weight is 399 g/mol. The number of hydrogen-bond donors (Lipinski definition) is 1. The van der Waals surface area contributed by atoms with E-state index in [1.807, 2.05) is 31.2 Å². The lowest BCUT2D eigenvalue weighted by molar-refractivity contribution is 0.102. The van der Waals surface area contributed by atoms with Crippen LogP contribution in [-0.2, 0) is 5.75 Å². The van der Waals surface area contributed by atoms with Crippen LogP contribution < -0.4 is 14.8 Å². The second-order valence-electron chi connectivity index (χ2n) is 5.99. The van der Waals surface area contributed by atoms with Crippen LogP contribution in [0.3, 0.4) is 0 Å². The minimum Gasteiger partial charge on any atom is -0.493 e. The van der Waals surface area contributed by atoms with E-state index in [0.29, 0.717) is 40.2 Å². The van der Waals surface area contributed by atoms with E-state index < -0.39 is 0 Å². The minimum absolute atomic E-state index is 0.206. The van der Waals surface area contributed by atoms with Gasteiger partial charge in [0, 0.05) is 23.6 Å². The molecule has 0 atom stereocenters. The Kier molecular flexibility index (Phi) is 6.20. The first-order valence-electron chi connectivity index (χ1n) is 8.56. The minimum atomic E-state index is -0.206. The maximum absolute atomic E-state index is 12.9. The van der Waals surface area contributed by atoms with Crippen molar-refractivity contribution >= 4 is 23.4 Å². The van der Waals surface area contributed by atoms with Crippen molar-refractivity contribution in [2.45, 2.75) is 24.5 Å². The number of aryl methyl sites for hydroxylation is 2. The maximum atomic E-state index is 12.9. The van der Waals surface area contributed by atoms with Crippen LogP contribution in [0.1, 0.15) is 27.6 Å². The molecule has 0 radical (unpaired) electrons. The number of thioether (sulfide) groups is 1. The third-order valence-corrected chi connectivity index (χ3v) is 5.11. The second kappa shape index (κ2) is 8.79. The summed E-state index contributed by atoms with van der Waals surface area (Å²) in [7, 11) is 3.14. The van der Waals surface area contributed by atoms with Gasteiger partial charge in [-0.05, 0) is 30.7 Å². The topological polar surface area (TPSA) is 86.5 Å². The Morgan fingerprint density at radius 3 is 2.54 bits per heavy atom. The van der Waals surface area contributed by atoms with Gasteiger partial charge in [-0.2, -0.15) is 4.98 Å². The van der Waals surface area contributed by atoms with Crippen LogP contribution in [0.25, 0.3) is 0 Å². The highest BCUT2D eigenvalue weighted by molar-refractivity contribution is 7.98. The molecule has 1 heterocycles. The van der Waals surface area contributed by atoms with Gasteiger partial charge in [-0.1, -0.05) is 17.3 Å². The Balaban J connectivity index is 1.79. The Labute approximate surface area is 167 Å². The summed E-state index contributed by atoms with van der Waals surface area (Å²) in [5.41, 5.74) is 2.11. The molecule has 2 aromatic carbocycles. The number of aromatic nitrogens is 2. The van der Waals surface area contributed by atoms with Crippen LogP contribution in [0.5, 0.6) is 11.5 Å². The highest BCUT2D eigenvalue weighted by atomic mass is 32.2. The normalized spacial score (nSPS) is 10.6. The van der Waals surface area contributed by atoms with Gasteiger partial charge in [-0.25, -0.2) is 0 Å². The zero-order valence-electron chi connectivity index (χ0n) is 16.1. The van der Waals surface area contributed by atoms with Crippen molar-refractivity contribution in [2.75, 3.05) is 19.5 Å². The van der Waals surface area contributed by atoms with E-state index in [1.54, 1.807) is 33.3 Å². The highest BCUT2D eigenvalue weighted by Crippen LogP contribution is 2.33. The summed E-state index contributed by atoms with van der Waals surface area (Å²) in [6.07, 6.45) is 0. The summed E-state index contributed by atoms with van der Waals surface area (Å²) in [6, 6.07) is 11.0. The van der Waals surface area contributed by atoms with Gasteiger partial charge in [-0.3, -0.25) is 4.79 Å². The fraction of sp³-hybridized carbons (Fsp3) is 0.250. The third-order valence-electron chi connectivity index (χ3n) is 4.04. The van der Waals surface area contributed by atoms with Crippen molar-refractivity contribution in [3.63, 3.8) is 0 Å². The molecule has 0 aliphatic rings. The van der Waals surface area contributed by atoms with E-state index in [-0.39, 0.29) is 5.91 Å². The zero-order chi connectivity index (χ0) is 20.1. The molecule has 0 saturated carbocycles.